The van der Waals surface area contributed by atoms with Crippen LogP contribution in [0.2, 0.25) is 5.02 Å². The third-order valence-electron chi connectivity index (χ3n) is 5.26. The van der Waals surface area contributed by atoms with Gasteiger partial charge < -0.3 is 9.84 Å². The van der Waals surface area contributed by atoms with Gasteiger partial charge in [-0.2, -0.15) is 0 Å². The third-order valence-corrected chi connectivity index (χ3v) is 6.57. The molecule has 0 radical (unpaired) electrons. The zero-order valence-corrected chi connectivity index (χ0v) is 19.5. The van der Waals surface area contributed by atoms with E-state index in [4.69, 9.17) is 16.3 Å². The van der Waals surface area contributed by atoms with Crippen molar-refractivity contribution in [2.75, 3.05) is 18.1 Å². The van der Waals surface area contributed by atoms with Crippen LogP contribution in [-0.2, 0) is 0 Å². The number of aromatic hydroxyl groups is 1. The molecule has 1 aliphatic rings. The summed E-state index contributed by atoms with van der Waals surface area (Å²) in [4.78, 5) is 15.0. The van der Waals surface area contributed by atoms with E-state index in [1.54, 1.807) is 11.0 Å². The van der Waals surface area contributed by atoms with Gasteiger partial charge >= 0.3 is 0 Å². The summed E-state index contributed by atoms with van der Waals surface area (Å²) in [6.07, 6.45) is 3.89. The first-order valence-corrected chi connectivity index (χ1v) is 11.6. The van der Waals surface area contributed by atoms with Gasteiger partial charge in [-0.15, -0.1) is 10.2 Å². The van der Waals surface area contributed by atoms with E-state index in [-0.39, 0.29) is 16.7 Å². The van der Waals surface area contributed by atoms with E-state index in [1.165, 1.54) is 29.5 Å². The molecule has 0 unspecified atom stereocenters. The average molecular weight is 470 g/mol. The Balaban J connectivity index is 1.65. The van der Waals surface area contributed by atoms with Crippen LogP contribution in [0.4, 0.5) is 5.13 Å². The van der Waals surface area contributed by atoms with Gasteiger partial charge in [0, 0.05) is 12.1 Å². The molecule has 32 heavy (non-hydrogen) atoms. The molecule has 1 saturated carbocycles. The van der Waals surface area contributed by atoms with E-state index in [2.05, 4.69) is 16.8 Å². The number of phenolic OH excluding ortho intramolecular Hbond substituents is 1. The summed E-state index contributed by atoms with van der Waals surface area (Å²) in [6.45, 7) is 8.69. The van der Waals surface area contributed by atoms with Crippen molar-refractivity contribution in [2.45, 2.75) is 26.7 Å². The minimum atomic E-state index is -0.245. The number of hydrogen-bond acceptors (Lipinski definition) is 6. The second kappa shape index (κ2) is 9.30. The second-order valence-corrected chi connectivity index (χ2v) is 9.32. The van der Waals surface area contributed by atoms with Gasteiger partial charge in [0.25, 0.3) is 5.91 Å². The highest BCUT2D eigenvalue weighted by Crippen LogP contribution is 2.37. The lowest BCUT2D eigenvalue weighted by molar-refractivity contribution is 0.0985. The number of benzene rings is 2. The topological polar surface area (TPSA) is 75.6 Å². The van der Waals surface area contributed by atoms with Gasteiger partial charge in [-0.05, 0) is 74.1 Å². The normalized spacial score (nSPS) is 13.1. The number of amides is 1. The smallest absolute Gasteiger partial charge is 0.261 e. The molecule has 1 amide bonds. The van der Waals surface area contributed by atoms with E-state index >= 15 is 0 Å². The fourth-order valence-electron chi connectivity index (χ4n) is 3.51. The maximum Gasteiger partial charge on any atom is 0.261 e. The Morgan fingerprint density at radius 3 is 2.62 bits per heavy atom. The predicted octanol–water partition coefficient (Wildman–Crippen LogP) is 5.80. The molecule has 8 heteroatoms. The Bertz CT molecular complexity index is 1150. The highest BCUT2D eigenvalue weighted by atomic mass is 35.5. The molecule has 0 bridgehead atoms. The van der Waals surface area contributed by atoms with Crippen molar-refractivity contribution in [2.24, 2.45) is 5.92 Å². The van der Waals surface area contributed by atoms with Gasteiger partial charge in [-0.3, -0.25) is 9.69 Å². The number of aryl methyl sites for hydroxylation is 2. The van der Waals surface area contributed by atoms with Crippen LogP contribution in [0.3, 0.4) is 0 Å². The summed E-state index contributed by atoms with van der Waals surface area (Å²) in [6, 6.07) is 8.40. The van der Waals surface area contributed by atoms with Crippen molar-refractivity contribution in [1.29, 1.82) is 0 Å². The molecule has 0 atom stereocenters. The number of carbonyl (C=O) groups excluding carboxylic acids is 1. The van der Waals surface area contributed by atoms with Crippen LogP contribution in [0, 0.1) is 19.8 Å². The number of carbonyl (C=O) groups is 1. The van der Waals surface area contributed by atoms with Crippen molar-refractivity contribution in [3.63, 3.8) is 0 Å². The molecule has 1 aliphatic carbocycles. The monoisotopic (exact) mass is 469 g/mol. The average Bonchev–Trinajstić information content (AvgIpc) is 3.44. The summed E-state index contributed by atoms with van der Waals surface area (Å²) >= 11 is 7.61. The summed E-state index contributed by atoms with van der Waals surface area (Å²) in [7, 11) is 0. The predicted molar refractivity (Wildman–Crippen MR) is 128 cm³/mol. The van der Waals surface area contributed by atoms with Crippen LogP contribution in [0.5, 0.6) is 11.5 Å². The number of anilines is 1. The Labute approximate surface area is 196 Å². The molecular formula is C24H24ClN3O3S. The molecule has 1 N–H and O–H groups in total. The van der Waals surface area contributed by atoms with E-state index in [9.17, 15) is 9.90 Å². The largest absolute Gasteiger partial charge is 0.508 e. The lowest BCUT2D eigenvalue weighted by Crippen LogP contribution is -2.33. The van der Waals surface area contributed by atoms with E-state index in [0.717, 1.165) is 40.3 Å². The van der Waals surface area contributed by atoms with E-state index in [0.29, 0.717) is 29.8 Å². The zero-order valence-electron chi connectivity index (χ0n) is 18.0. The first-order chi connectivity index (χ1) is 15.4. The number of hydrogen-bond donors (Lipinski definition) is 1. The SMILES string of the molecule is C=CCOc1c(C)cc(-c2nnc(N(CC3CC3)C(=O)c3ccc(O)cc3Cl)s2)cc1C. The number of rotatable bonds is 8. The quantitative estimate of drug-likeness (QED) is 0.422. The van der Waals surface area contributed by atoms with Gasteiger partial charge in [0.05, 0.1) is 10.6 Å². The van der Waals surface area contributed by atoms with Crippen molar-refractivity contribution in [3.8, 4) is 22.1 Å². The van der Waals surface area contributed by atoms with Crippen LogP contribution in [0.1, 0.15) is 34.3 Å². The Hall–Kier alpha value is -2.90. The number of phenols is 1. The van der Waals surface area contributed by atoms with Crippen LogP contribution in [-0.4, -0.2) is 34.4 Å². The van der Waals surface area contributed by atoms with E-state index in [1.807, 2.05) is 26.0 Å². The Kier molecular flexibility index (Phi) is 6.48. The van der Waals surface area contributed by atoms with Gasteiger partial charge in [-0.1, -0.05) is 35.6 Å². The molecule has 0 aliphatic heterocycles. The number of ether oxygens (including phenoxy) is 1. The van der Waals surface area contributed by atoms with Gasteiger partial charge in [-0.25, -0.2) is 0 Å². The Morgan fingerprint density at radius 2 is 2.00 bits per heavy atom. The fourth-order valence-corrected chi connectivity index (χ4v) is 4.61. The molecule has 1 aromatic heterocycles. The van der Waals surface area contributed by atoms with Crippen LogP contribution in [0.25, 0.3) is 10.6 Å². The van der Waals surface area contributed by atoms with Crippen molar-refractivity contribution >= 4 is 34.0 Å². The maximum atomic E-state index is 13.3. The van der Waals surface area contributed by atoms with Crippen molar-refractivity contribution < 1.29 is 14.6 Å². The summed E-state index contributed by atoms with van der Waals surface area (Å²) in [5, 5.41) is 19.8. The van der Waals surface area contributed by atoms with Gasteiger partial charge in [0.2, 0.25) is 5.13 Å². The molecular weight excluding hydrogens is 446 g/mol. The van der Waals surface area contributed by atoms with Crippen molar-refractivity contribution in [1.82, 2.24) is 10.2 Å². The summed E-state index contributed by atoms with van der Waals surface area (Å²) in [5.41, 5.74) is 3.26. The maximum absolute atomic E-state index is 13.3. The molecule has 3 aromatic rings. The molecule has 1 fully saturated rings. The second-order valence-electron chi connectivity index (χ2n) is 7.95. The fraction of sp³-hybridized carbons (Fsp3) is 0.292. The lowest BCUT2D eigenvalue weighted by Gasteiger charge is -2.19. The first-order valence-electron chi connectivity index (χ1n) is 10.4. The summed E-state index contributed by atoms with van der Waals surface area (Å²) in [5.74, 6) is 1.06. The highest BCUT2D eigenvalue weighted by molar-refractivity contribution is 7.18. The highest BCUT2D eigenvalue weighted by Gasteiger charge is 2.31. The molecule has 166 valence electrons. The molecule has 1 heterocycles. The minimum Gasteiger partial charge on any atom is -0.508 e. The van der Waals surface area contributed by atoms with Crippen LogP contribution >= 0.6 is 22.9 Å². The first kappa shape index (κ1) is 22.3. The number of halogens is 1. The lowest BCUT2D eigenvalue weighted by atomic mass is 10.1. The van der Waals surface area contributed by atoms with Gasteiger partial charge in [0.1, 0.15) is 23.1 Å². The molecule has 0 saturated heterocycles. The molecule has 4 rings (SSSR count). The molecule has 0 spiro atoms. The zero-order chi connectivity index (χ0) is 22.8. The Morgan fingerprint density at radius 1 is 1.28 bits per heavy atom. The number of nitrogens with zero attached hydrogens (tertiary/aromatic N) is 3. The summed E-state index contributed by atoms with van der Waals surface area (Å²) < 4.78 is 5.77. The third kappa shape index (κ3) is 4.79. The standard InChI is InChI=1S/C24H24ClN3O3S/c1-4-9-31-21-14(2)10-17(11-15(21)3)22-26-27-24(32-22)28(13-16-5-6-16)23(30)19-8-7-18(29)12-20(19)25/h4,7-8,10-12,16,29H,1,5-6,9,13H2,2-3H3. The molecule has 2 aromatic carbocycles. The minimum absolute atomic E-state index is 0.0183. The van der Waals surface area contributed by atoms with Crippen LogP contribution in [0.15, 0.2) is 43.0 Å². The van der Waals surface area contributed by atoms with Gasteiger partial charge in [0.15, 0.2) is 0 Å². The van der Waals surface area contributed by atoms with Crippen molar-refractivity contribution in [3.05, 3.63) is 64.7 Å². The number of aromatic nitrogens is 2. The molecule has 6 nitrogen and oxygen atoms in total. The van der Waals surface area contributed by atoms with Crippen LogP contribution < -0.4 is 9.64 Å². The van der Waals surface area contributed by atoms with E-state index < -0.39 is 0 Å².